The summed E-state index contributed by atoms with van der Waals surface area (Å²) in [5.41, 5.74) is 2.08. The highest BCUT2D eigenvalue weighted by molar-refractivity contribution is 6.60. The van der Waals surface area contributed by atoms with Crippen molar-refractivity contribution >= 4 is 37.6 Å². The van der Waals surface area contributed by atoms with Gasteiger partial charge in [0.25, 0.3) is 5.69 Å². The highest BCUT2D eigenvalue weighted by atomic mass is 28.4. The number of rotatable bonds is 18. The van der Waals surface area contributed by atoms with Crippen molar-refractivity contribution in [1.29, 1.82) is 0 Å². The highest BCUT2D eigenvalue weighted by Gasteiger charge is 2.39. The number of non-ortho nitro benzene ring substituents is 1. The van der Waals surface area contributed by atoms with Gasteiger partial charge in [0, 0.05) is 69.9 Å². The van der Waals surface area contributed by atoms with Crippen LogP contribution in [0, 0.1) is 10.1 Å². The van der Waals surface area contributed by atoms with E-state index in [2.05, 4.69) is 15.1 Å². The van der Waals surface area contributed by atoms with Gasteiger partial charge < -0.3 is 28.2 Å². The molecule has 2 rings (SSSR count). The minimum atomic E-state index is -2.82. The molecule has 0 heterocycles. The molecule has 0 aromatic heterocycles. The highest BCUT2D eigenvalue weighted by Crippen LogP contribution is 2.24. The summed E-state index contributed by atoms with van der Waals surface area (Å²) in [6, 6.07) is 13.8. The molecule has 2 aromatic carbocycles. The second-order valence-corrected chi connectivity index (χ2v) is 11.2. The quantitative estimate of drug-likeness (QED) is 0.0974. The Morgan fingerprint density at radius 1 is 0.872 bits per heavy atom. The van der Waals surface area contributed by atoms with Crippen LogP contribution >= 0.6 is 0 Å². The van der Waals surface area contributed by atoms with Gasteiger partial charge in [-0.2, -0.15) is 10.2 Å². The molecule has 12 nitrogen and oxygen atoms in total. The van der Waals surface area contributed by atoms with Crippen LogP contribution in [0.25, 0.3) is 0 Å². The molecule has 0 unspecified atom stereocenters. The van der Waals surface area contributed by atoms with Gasteiger partial charge in [-0.3, -0.25) is 10.1 Å². The Morgan fingerprint density at radius 3 is 1.82 bits per heavy atom. The van der Waals surface area contributed by atoms with E-state index in [0.717, 1.165) is 5.69 Å². The van der Waals surface area contributed by atoms with E-state index >= 15 is 0 Å². The second kappa shape index (κ2) is 16.5. The number of carbonyl (C=O) groups is 1. The van der Waals surface area contributed by atoms with E-state index in [4.69, 9.17) is 13.3 Å². The number of nitro groups is 1. The lowest BCUT2D eigenvalue weighted by atomic mass is 10.2. The Hall–Kier alpha value is -3.39. The number of amides is 1. The predicted molar refractivity (Wildman–Crippen MR) is 151 cm³/mol. The third kappa shape index (κ3) is 10.4. The monoisotopic (exact) mass is 561 g/mol. The molecule has 0 spiro atoms. The van der Waals surface area contributed by atoms with Gasteiger partial charge in [-0.15, -0.1) is 0 Å². The van der Waals surface area contributed by atoms with Crippen molar-refractivity contribution in [2.75, 3.05) is 50.9 Å². The van der Waals surface area contributed by atoms with Crippen molar-refractivity contribution in [3.05, 3.63) is 58.6 Å². The maximum Gasteiger partial charge on any atom is 0.500 e. The standard InChI is InChI=1S/C26H39N5O7Si/c1-5-29(19-20-30(26(32)33)18-9-21-39(36-6-2,37-7-3)38-8-4)24-14-10-22(11-15-24)27-28-23-12-16-25(17-13-23)31(34)35/h10-17H,5-9,18-21H2,1-4H3,(H,32,33). The predicted octanol–water partition coefficient (Wildman–Crippen LogP) is 6.26. The number of anilines is 1. The van der Waals surface area contributed by atoms with Crippen LogP contribution in [0.3, 0.4) is 0 Å². The SMILES string of the molecule is CCO[Si](CCCN(CCN(CC)c1ccc(N=Nc2ccc([N+](=O)[O-])cc2)cc1)C(=O)O)(OCC)OCC. The van der Waals surface area contributed by atoms with Crippen LogP contribution in [0.2, 0.25) is 6.04 Å². The van der Waals surface area contributed by atoms with Gasteiger partial charge in [0.15, 0.2) is 0 Å². The van der Waals surface area contributed by atoms with Gasteiger partial charge in [0.2, 0.25) is 0 Å². The van der Waals surface area contributed by atoms with Crippen LogP contribution in [0.15, 0.2) is 58.8 Å². The molecule has 39 heavy (non-hydrogen) atoms. The number of azo groups is 1. The van der Waals surface area contributed by atoms with Crippen molar-refractivity contribution in [3.63, 3.8) is 0 Å². The molecule has 0 aliphatic rings. The Bertz CT molecular complexity index is 1040. The summed E-state index contributed by atoms with van der Waals surface area (Å²) in [4.78, 5) is 25.7. The number of carboxylic acid groups (broad SMARTS) is 1. The number of likely N-dealkylation sites (N-methyl/N-ethyl adjacent to an activating group) is 1. The van der Waals surface area contributed by atoms with E-state index in [1.165, 1.54) is 29.2 Å². The van der Waals surface area contributed by atoms with E-state index in [0.29, 0.717) is 69.8 Å². The fraction of sp³-hybridized carbons (Fsp3) is 0.500. The third-order valence-electron chi connectivity index (χ3n) is 5.85. The van der Waals surface area contributed by atoms with Crippen molar-refractivity contribution < 1.29 is 28.1 Å². The first-order valence-electron chi connectivity index (χ1n) is 13.2. The van der Waals surface area contributed by atoms with E-state index in [-0.39, 0.29) is 5.69 Å². The smallest absolute Gasteiger partial charge is 0.465 e. The van der Waals surface area contributed by atoms with Crippen LogP contribution in [-0.4, -0.2) is 75.8 Å². The summed E-state index contributed by atoms with van der Waals surface area (Å²) in [7, 11) is -2.82. The average molecular weight is 562 g/mol. The topological polar surface area (TPSA) is 139 Å². The molecule has 0 aliphatic carbocycles. The van der Waals surface area contributed by atoms with Crippen molar-refractivity contribution in [2.45, 2.75) is 40.2 Å². The molecule has 1 N–H and O–H groups in total. The fourth-order valence-electron chi connectivity index (χ4n) is 3.99. The molecule has 0 bridgehead atoms. The van der Waals surface area contributed by atoms with Crippen molar-refractivity contribution in [1.82, 2.24) is 4.90 Å². The van der Waals surface area contributed by atoms with Crippen LogP contribution < -0.4 is 4.90 Å². The largest absolute Gasteiger partial charge is 0.500 e. The summed E-state index contributed by atoms with van der Waals surface area (Å²) in [6.07, 6.45) is -0.386. The third-order valence-corrected chi connectivity index (χ3v) is 9.00. The summed E-state index contributed by atoms with van der Waals surface area (Å²) >= 11 is 0. The van der Waals surface area contributed by atoms with Crippen LogP contribution in [0.5, 0.6) is 0 Å². The first-order chi connectivity index (χ1) is 18.8. The zero-order valence-electron chi connectivity index (χ0n) is 23.1. The number of nitro benzene ring substituents is 1. The summed E-state index contributed by atoms with van der Waals surface area (Å²) in [5.74, 6) is 0. The first kappa shape index (κ1) is 31.8. The Labute approximate surface area is 230 Å². The maximum absolute atomic E-state index is 11.9. The van der Waals surface area contributed by atoms with Crippen molar-refractivity contribution in [3.8, 4) is 0 Å². The summed E-state index contributed by atoms with van der Waals surface area (Å²) in [5, 5.41) is 28.9. The molecule has 0 atom stereocenters. The van der Waals surface area contributed by atoms with Gasteiger partial charge in [-0.05, 0) is 70.5 Å². The minimum absolute atomic E-state index is 0.00378. The zero-order chi connectivity index (χ0) is 28.7. The van der Waals surface area contributed by atoms with Crippen LogP contribution in [0.4, 0.5) is 27.5 Å². The average Bonchev–Trinajstić information content (AvgIpc) is 2.92. The van der Waals surface area contributed by atoms with Gasteiger partial charge in [0.05, 0.1) is 16.3 Å². The lowest BCUT2D eigenvalue weighted by Gasteiger charge is -2.30. The number of hydrogen-bond donors (Lipinski definition) is 1. The maximum atomic E-state index is 11.9. The molecule has 0 saturated heterocycles. The van der Waals surface area contributed by atoms with Gasteiger partial charge in [0.1, 0.15) is 0 Å². The Kier molecular flexibility index (Phi) is 13.5. The summed E-state index contributed by atoms with van der Waals surface area (Å²) < 4.78 is 17.6. The zero-order valence-corrected chi connectivity index (χ0v) is 24.1. The molecule has 13 heteroatoms. The lowest BCUT2D eigenvalue weighted by Crippen LogP contribution is -2.47. The molecule has 2 aromatic rings. The number of nitrogens with zero attached hydrogens (tertiary/aromatic N) is 5. The molecular weight excluding hydrogens is 522 g/mol. The van der Waals surface area contributed by atoms with Crippen molar-refractivity contribution in [2.24, 2.45) is 10.2 Å². The minimum Gasteiger partial charge on any atom is -0.465 e. The number of benzene rings is 2. The van der Waals surface area contributed by atoms with Gasteiger partial charge >= 0.3 is 14.9 Å². The van der Waals surface area contributed by atoms with E-state index in [9.17, 15) is 20.0 Å². The molecule has 0 saturated carbocycles. The summed E-state index contributed by atoms with van der Waals surface area (Å²) in [6.45, 7) is 11.1. The molecular formula is C26H39N5O7Si. The number of hydrogen-bond acceptors (Lipinski definition) is 9. The fourth-order valence-corrected chi connectivity index (χ4v) is 6.58. The Balaban J connectivity index is 1.95. The lowest BCUT2D eigenvalue weighted by molar-refractivity contribution is -0.384. The normalized spacial score (nSPS) is 11.6. The first-order valence-corrected chi connectivity index (χ1v) is 15.1. The molecule has 0 fully saturated rings. The molecule has 0 aliphatic heterocycles. The molecule has 0 radical (unpaired) electrons. The Morgan fingerprint density at radius 2 is 1.38 bits per heavy atom. The van der Waals surface area contributed by atoms with Crippen LogP contribution in [-0.2, 0) is 13.3 Å². The van der Waals surface area contributed by atoms with Crippen LogP contribution in [0.1, 0.15) is 34.1 Å². The van der Waals surface area contributed by atoms with Gasteiger partial charge in [-0.25, -0.2) is 4.79 Å². The van der Waals surface area contributed by atoms with E-state index < -0.39 is 19.8 Å². The van der Waals surface area contributed by atoms with E-state index in [1.54, 1.807) is 0 Å². The van der Waals surface area contributed by atoms with Gasteiger partial charge in [-0.1, -0.05) is 0 Å². The molecule has 214 valence electrons. The second-order valence-electron chi connectivity index (χ2n) is 8.42. The molecule has 1 amide bonds. The van der Waals surface area contributed by atoms with E-state index in [1.807, 2.05) is 52.0 Å².